The Labute approximate surface area is 134 Å². The number of anilines is 2. The molecule has 104 valence electrons. The van der Waals surface area contributed by atoms with E-state index >= 15 is 0 Å². The van der Waals surface area contributed by atoms with Crippen LogP contribution in [0.15, 0.2) is 40.9 Å². The second-order valence-corrected chi connectivity index (χ2v) is 5.64. The number of halogens is 3. The molecule has 0 aliphatic rings. The Morgan fingerprint density at radius 2 is 1.65 bits per heavy atom. The predicted molar refractivity (Wildman–Crippen MR) is 86.4 cm³/mol. The second kappa shape index (κ2) is 6.45. The van der Waals surface area contributed by atoms with Gasteiger partial charge in [0.1, 0.15) is 0 Å². The molecule has 0 spiro atoms. The SMILES string of the molecule is NNc1ccc(Cl)cc1C(=O)Nc1ccc(Cl)cc1Br. The zero-order chi connectivity index (χ0) is 14.7. The lowest BCUT2D eigenvalue weighted by Gasteiger charge is -2.11. The number of nitrogens with one attached hydrogen (secondary N) is 2. The minimum Gasteiger partial charge on any atom is -0.323 e. The van der Waals surface area contributed by atoms with Gasteiger partial charge in [-0.2, -0.15) is 0 Å². The highest BCUT2D eigenvalue weighted by Gasteiger charge is 2.13. The Morgan fingerprint density at radius 1 is 1.05 bits per heavy atom. The fraction of sp³-hybridized carbons (Fsp3) is 0. The molecule has 0 radical (unpaired) electrons. The van der Waals surface area contributed by atoms with Gasteiger partial charge in [0.2, 0.25) is 0 Å². The molecule has 0 atom stereocenters. The number of hydrazine groups is 1. The van der Waals surface area contributed by atoms with Gasteiger partial charge in [-0.15, -0.1) is 0 Å². The molecule has 0 unspecified atom stereocenters. The summed E-state index contributed by atoms with van der Waals surface area (Å²) in [5, 5.41) is 3.78. The van der Waals surface area contributed by atoms with E-state index in [2.05, 4.69) is 26.7 Å². The average molecular weight is 375 g/mol. The van der Waals surface area contributed by atoms with Gasteiger partial charge in [-0.1, -0.05) is 23.2 Å². The van der Waals surface area contributed by atoms with Gasteiger partial charge in [0, 0.05) is 14.5 Å². The molecule has 0 heterocycles. The molecule has 2 rings (SSSR count). The van der Waals surface area contributed by atoms with Crippen molar-refractivity contribution in [2.24, 2.45) is 5.84 Å². The third-order valence-electron chi connectivity index (χ3n) is 2.56. The Kier molecular flexibility index (Phi) is 4.88. The molecule has 0 fully saturated rings. The zero-order valence-corrected chi connectivity index (χ0v) is 13.2. The van der Waals surface area contributed by atoms with Crippen LogP contribution >= 0.6 is 39.1 Å². The van der Waals surface area contributed by atoms with Crippen molar-refractivity contribution in [3.8, 4) is 0 Å². The molecule has 4 N–H and O–H groups in total. The summed E-state index contributed by atoms with van der Waals surface area (Å²) in [4.78, 5) is 12.3. The third kappa shape index (κ3) is 3.43. The van der Waals surface area contributed by atoms with Crippen molar-refractivity contribution in [2.75, 3.05) is 10.7 Å². The third-order valence-corrected chi connectivity index (χ3v) is 3.69. The minimum absolute atomic E-state index is 0.330. The number of amides is 1. The number of carbonyl (C=O) groups excluding carboxylic acids is 1. The summed E-state index contributed by atoms with van der Waals surface area (Å²) >= 11 is 15.1. The molecule has 7 heteroatoms. The molecule has 0 bridgehead atoms. The minimum atomic E-state index is -0.330. The van der Waals surface area contributed by atoms with E-state index in [4.69, 9.17) is 29.0 Å². The molecule has 0 aliphatic carbocycles. The van der Waals surface area contributed by atoms with E-state index in [-0.39, 0.29) is 5.91 Å². The van der Waals surface area contributed by atoms with Gasteiger partial charge in [-0.3, -0.25) is 10.6 Å². The van der Waals surface area contributed by atoms with Crippen molar-refractivity contribution in [1.29, 1.82) is 0 Å². The molecular weight excluding hydrogens is 365 g/mol. The smallest absolute Gasteiger partial charge is 0.257 e. The molecule has 2 aromatic carbocycles. The fourth-order valence-electron chi connectivity index (χ4n) is 1.61. The van der Waals surface area contributed by atoms with Crippen molar-refractivity contribution >= 4 is 56.4 Å². The average Bonchev–Trinajstić information content (AvgIpc) is 2.41. The van der Waals surface area contributed by atoms with Crippen LogP contribution in [0, 0.1) is 0 Å². The first-order chi connectivity index (χ1) is 9.51. The van der Waals surface area contributed by atoms with Crippen LogP contribution in [-0.2, 0) is 0 Å². The molecule has 0 saturated carbocycles. The quantitative estimate of drug-likeness (QED) is 0.554. The van der Waals surface area contributed by atoms with Crippen molar-refractivity contribution in [3.63, 3.8) is 0 Å². The van der Waals surface area contributed by atoms with Gasteiger partial charge < -0.3 is 10.7 Å². The first-order valence-corrected chi connectivity index (χ1v) is 7.08. The molecule has 0 aromatic heterocycles. The Hall–Kier alpha value is -1.27. The van der Waals surface area contributed by atoms with E-state index in [0.29, 0.717) is 31.5 Å². The number of nitrogen functional groups attached to an aromatic ring is 1. The van der Waals surface area contributed by atoms with E-state index in [9.17, 15) is 4.79 Å². The molecular formula is C13H10BrCl2N3O. The summed E-state index contributed by atoms with van der Waals surface area (Å²) in [6.45, 7) is 0. The maximum absolute atomic E-state index is 12.3. The summed E-state index contributed by atoms with van der Waals surface area (Å²) in [5.74, 6) is 5.05. The van der Waals surface area contributed by atoms with E-state index in [0.717, 1.165) is 0 Å². The summed E-state index contributed by atoms with van der Waals surface area (Å²) in [6, 6.07) is 9.89. The Morgan fingerprint density at radius 3 is 2.25 bits per heavy atom. The van der Waals surface area contributed by atoms with Crippen LogP contribution in [0.4, 0.5) is 11.4 Å². The van der Waals surface area contributed by atoms with E-state index in [1.165, 1.54) is 6.07 Å². The predicted octanol–water partition coefficient (Wildman–Crippen LogP) is 4.29. The van der Waals surface area contributed by atoms with E-state index in [1.54, 1.807) is 30.3 Å². The lowest BCUT2D eigenvalue weighted by Crippen LogP contribution is -2.17. The summed E-state index contributed by atoms with van der Waals surface area (Å²) in [7, 11) is 0. The van der Waals surface area contributed by atoms with Gasteiger partial charge in [-0.25, -0.2) is 0 Å². The van der Waals surface area contributed by atoms with Crippen LogP contribution in [0.5, 0.6) is 0 Å². The van der Waals surface area contributed by atoms with Crippen LogP contribution in [0.25, 0.3) is 0 Å². The number of nitrogens with two attached hydrogens (primary N) is 1. The lowest BCUT2D eigenvalue weighted by atomic mass is 10.1. The largest absolute Gasteiger partial charge is 0.323 e. The first-order valence-electron chi connectivity index (χ1n) is 5.54. The van der Waals surface area contributed by atoms with Crippen LogP contribution in [0.3, 0.4) is 0 Å². The van der Waals surface area contributed by atoms with Crippen molar-refractivity contribution in [2.45, 2.75) is 0 Å². The normalized spacial score (nSPS) is 10.2. The van der Waals surface area contributed by atoms with Gasteiger partial charge in [0.25, 0.3) is 5.91 Å². The molecule has 0 saturated heterocycles. The highest BCUT2D eigenvalue weighted by molar-refractivity contribution is 9.10. The van der Waals surface area contributed by atoms with Crippen LogP contribution in [0.1, 0.15) is 10.4 Å². The van der Waals surface area contributed by atoms with Gasteiger partial charge in [0.05, 0.1) is 16.9 Å². The highest BCUT2D eigenvalue weighted by Crippen LogP contribution is 2.27. The summed E-state index contributed by atoms with van der Waals surface area (Å²) in [5.41, 5.74) is 3.89. The van der Waals surface area contributed by atoms with E-state index < -0.39 is 0 Å². The standard InChI is InChI=1S/C13H10BrCl2N3O/c14-10-6-8(16)2-4-12(10)18-13(20)9-5-7(15)1-3-11(9)19-17/h1-6,19H,17H2,(H,18,20). The van der Waals surface area contributed by atoms with Gasteiger partial charge in [0.15, 0.2) is 0 Å². The molecule has 4 nitrogen and oxygen atoms in total. The monoisotopic (exact) mass is 373 g/mol. The van der Waals surface area contributed by atoms with E-state index in [1.807, 2.05) is 0 Å². The van der Waals surface area contributed by atoms with Crippen molar-refractivity contribution in [3.05, 3.63) is 56.5 Å². The maximum Gasteiger partial charge on any atom is 0.257 e. The highest BCUT2D eigenvalue weighted by atomic mass is 79.9. The van der Waals surface area contributed by atoms with Crippen molar-refractivity contribution < 1.29 is 4.79 Å². The molecule has 20 heavy (non-hydrogen) atoms. The summed E-state index contributed by atoms with van der Waals surface area (Å²) < 4.78 is 0.683. The topological polar surface area (TPSA) is 67.1 Å². The zero-order valence-electron chi connectivity index (χ0n) is 10.1. The number of carbonyl (C=O) groups is 1. The molecule has 0 aliphatic heterocycles. The van der Waals surface area contributed by atoms with Crippen molar-refractivity contribution in [1.82, 2.24) is 0 Å². The first kappa shape index (κ1) is 15.1. The second-order valence-electron chi connectivity index (χ2n) is 3.91. The Bertz CT molecular complexity index is 664. The summed E-state index contributed by atoms with van der Waals surface area (Å²) in [6.07, 6.45) is 0. The van der Waals surface area contributed by atoms with Crippen LogP contribution < -0.4 is 16.6 Å². The van der Waals surface area contributed by atoms with Crippen LogP contribution in [-0.4, -0.2) is 5.91 Å². The lowest BCUT2D eigenvalue weighted by molar-refractivity contribution is 0.102. The maximum atomic E-state index is 12.3. The van der Waals surface area contributed by atoms with Gasteiger partial charge >= 0.3 is 0 Å². The Balaban J connectivity index is 2.30. The van der Waals surface area contributed by atoms with Crippen LogP contribution in [0.2, 0.25) is 10.0 Å². The number of hydrogen-bond acceptors (Lipinski definition) is 3. The van der Waals surface area contributed by atoms with Gasteiger partial charge in [-0.05, 0) is 52.3 Å². The number of benzene rings is 2. The number of rotatable bonds is 3. The number of hydrogen-bond donors (Lipinski definition) is 3. The fourth-order valence-corrected chi connectivity index (χ4v) is 2.56. The molecule has 1 amide bonds. The molecule has 2 aromatic rings.